The van der Waals surface area contributed by atoms with Crippen LogP contribution in [0, 0.1) is 5.82 Å². The van der Waals surface area contributed by atoms with Crippen molar-refractivity contribution in [3.63, 3.8) is 0 Å². The summed E-state index contributed by atoms with van der Waals surface area (Å²) >= 11 is 0. The summed E-state index contributed by atoms with van der Waals surface area (Å²) in [6.45, 7) is 1.39. The van der Waals surface area contributed by atoms with E-state index in [1.165, 1.54) is 19.1 Å². The maximum absolute atomic E-state index is 13.4. The molecule has 0 amide bonds. The predicted molar refractivity (Wildman–Crippen MR) is 55.6 cm³/mol. The minimum Gasteiger partial charge on any atom is -0.466 e. The smallest absolute Gasteiger partial charge is 0.302 e. The molecule has 5 heteroatoms. The van der Waals surface area contributed by atoms with E-state index in [2.05, 4.69) is 0 Å². The van der Waals surface area contributed by atoms with Gasteiger partial charge in [0.1, 0.15) is 0 Å². The lowest BCUT2D eigenvalue weighted by Crippen LogP contribution is -2.08. The minimum absolute atomic E-state index is 0.0435. The number of halogens is 1. The lowest BCUT2D eigenvalue weighted by atomic mass is 10.1. The van der Waals surface area contributed by atoms with Crippen molar-refractivity contribution in [2.24, 2.45) is 0 Å². The Morgan fingerprint density at radius 2 is 2.00 bits per heavy atom. The Hall–Kier alpha value is -1.78. The number of benzene rings is 1. The summed E-state index contributed by atoms with van der Waals surface area (Å²) in [7, 11) is 0. The first kappa shape index (κ1) is 11.3. The summed E-state index contributed by atoms with van der Waals surface area (Å²) in [6, 6.07) is 2.93. The lowest BCUT2D eigenvalue weighted by molar-refractivity contribution is -0.140. The average molecular weight is 212 g/mol. The molecule has 0 aliphatic rings. The molecule has 0 spiro atoms. The number of nitrogens with two attached hydrogens (primary N) is 2. The third-order valence-corrected chi connectivity index (χ3v) is 1.97. The van der Waals surface area contributed by atoms with Crippen molar-refractivity contribution >= 4 is 17.3 Å². The molecule has 0 unspecified atom stereocenters. The Morgan fingerprint density at radius 3 is 2.60 bits per heavy atom. The van der Waals surface area contributed by atoms with E-state index in [1.807, 2.05) is 0 Å². The third-order valence-electron chi connectivity index (χ3n) is 1.97. The van der Waals surface area contributed by atoms with E-state index in [4.69, 9.17) is 16.2 Å². The minimum atomic E-state index is -0.540. The number of hydrogen-bond donors (Lipinski definition) is 2. The van der Waals surface area contributed by atoms with Gasteiger partial charge in [-0.05, 0) is 12.1 Å². The van der Waals surface area contributed by atoms with Crippen LogP contribution in [0.3, 0.4) is 0 Å². The monoisotopic (exact) mass is 212 g/mol. The molecule has 0 radical (unpaired) electrons. The highest BCUT2D eigenvalue weighted by Gasteiger charge is 2.10. The number of anilines is 2. The van der Waals surface area contributed by atoms with Crippen LogP contribution in [0.1, 0.15) is 12.5 Å². The van der Waals surface area contributed by atoms with Crippen LogP contribution in [0.2, 0.25) is 0 Å². The number of nitrogen functional groups attached to an aromatic ring is 2. The summed E-state index contributed by atoms with van der Waals surface area (Å²) in [5.74, 6) is -0.944. The number of ether oxygens (including phenoxy) is 1. The predicted octanol–water partition coefficient (Wildman–Crippen LogP) is 1.10. The second-order valence-corrected chi connectivity index (χ2v) is 3.13. The van der Waals surface area contributed by atoms with Gasteiger partial charge in [-0.15, -0.1) is 0 Å². The van der Waals surface area contributed by atoms with Crippen LogP contribution in [-0.2, 0) is 16.0 Å². The molecule has 15 heavy (non-hydrogen) atoms. The fourth-order valence-electron chi connectivity index (χ4n) is 1.21. The standard InChI is InChI=1S/C10H13FN2O2/c1-6(14)15-5-4-7-8(12)2-3-9(13)10(7)11/h2-3H,4-5,12-13H2,1H3. The number of carbonyl (C=O) groups is 1. The summed E-state index contributed by atoms with van der Waals surface area (Å²) in [5, 5.41) is 0. The largest absolute Gasteiger partial charge is 0.466 e. The quantitative estimate of drug-likeness (QED) is 0.580. The summed E-state index contributed by atoms with van der Waals surface area (Å²) < 4.78 is 18.1. The van der Waals surface area contributed by atoms with Crippen molar-refractivity contribution < 1.29 is 13.9 Å². The van der Waals surface area contributed by atoms with E-state index >= 15 is 0 Å². The molecule has 0 bridgehead atoms. The zero-order valence-corrected chi connectivity index (χ0v) is 8.42. The van der Waals surface area contributed by atoms with Gasteiger partial charge in [0.2, 0.25) is 0 Å². The fraction of sp³-hybridized carbons (Fsp3) is 0.300. The number of hydrogen-bond acceptors (Lipinski definition) is 4. The molecule has 1 aromatic rings. The van der Waals surface area contributed by atoms with Gasteiger partial charge in [-0.25, -0.2) is 4.39 Å². The van der Waals surface area contributed by atoms with E-state index in [-0.39, 0.29) is 24.3 Å². The van der Waals surface area contributed by atoms with Gasteiger partial charge in [0.05, 0.1) is 12.3 Å². The molecule has 82 valence electrons. The summed E-state index contributed by atoms with van der Waals surface area (Å²) in [5.41, 5.74) is 11.6. The first-order chi connectivity index (χ1) is 7.02. The van der Waals surface area contributed by atoms with Gasteiger partial charge in [-0.1, -0.05) is 0 Å². The SMILES string of the molecule is CC(=O)OCCc1c(N)ccc(N)c1F. The van der Waals surface area contributed by atoms with E-state index in [1.54, 1.807) is 0 Å². The van der Waals surface area contributed by atoms with Gasteiger partial charge in [-0.2, -0.15) is 0 Å². The second kappa shape index (κ2) is 4.63. The summed E-state index contributed by atoms with van der Waals surface area (Å²) in [6.07, 6.45) is 0.224. The van der Waals surface area contributed by atoms with Crippen molar-refractivity contribution in [3.8, 4) is 0 Å². The molecule has 1 rings (SSSR count). The highest BCUT2D eigenvalue weighted by atomic mass is 19.1. The van der Waals surface area contributed by atoms with Crippen LogP contribution < -0.4 is 11.5 Å². The molecule has 0 heterocycles. The molecular formula is C10H13FN2O2. The van der Waals surface area contributed by atoms with Gasteiger partial charge >= 0.3 is 5.97 Å². The molecule has 0 saturated heterocycles. The Morgan fingerprint density at radius 1 is 1.40 bits per heavy atom. The van der Waals surface area contributed by atoms with Crippen molar-refractivity contribution in [2.75, 3.05) is 18.1 Å². The van der Waals surface area contributed by atoms with Gasteiger partial charge in [-0.3, -0.25) is 4.79 Å². The molecule has 1 aromatic carbocycles. The van der Waals surface area contributed by atoms with Gasteiger partial charge in [0.25, 0.3) is 0 Å². The van der Waals surface area contributed by atoms with Crippen LogP contribution in [0.15, 0.2) is 12.1 Å². The normalized spacial score (nSPS) is 10.0. The van der Waals surface area contributed by atoms with Crippen LogP contribution in [0.25, 0.3) is 0 Å². The van der Waals surface area contributed by atoms with E-state index in [0.717, 1.165) is 0 Å². The molecule has 0 aromatic heterocycles. The first-order valence-electron chi connectivity index (χ1n) is 4.48. The third kappa shape index (κ3) is 2.83. The highest BCUT2D eigenvalue weighted by molar-refractivity contribution is 5.66. The van der Waals surface area contributed by atoms with E-state index in [9.17, 15) is 9.18 Å². The van der Waals surface area contributed by atoms with Crippen LogP contribution in [0.5, 0.6) is 0 Å². The molecule has 0 fully saturated rings. The van der Waals surface area contributed by atoms with Gasteiger partial charge in [0.15, 0.2) is 5.82 Å². The van der Waals surface area contributed by atoms with Crippen LogP contribution in [0.4, 0.5) is 15.8 Å². The molecule has 4 N–H and O–H groups in total. The topological polar surface area (TPSA) is 78.3 Å². The lowest BCUT2D eigenvalue weighted by Gasteiger charge is -2.08. The molecule has 0 atom stereocenters. The maximum Gasteiger partial charge on any atom is 0.302 e. The van der Waals surface area contributed by atoms with Crippen molar-refractivity contribution in [1.82, 2.24) is 0 Å². The summed E-state index contributed by atoms with van der Waals surface area (Å²) in [4.78, 5) is 10.5. The van der Waals surface area contributed by atoms with Crippen molar-refractivity contribution in [3.05, 3.63) is 23.5 Å². The second-order valence-electron chi connectivity index (χ2n) is 3.13. The maximum atomic E-state index is 13.4. The molecule has 0 aliphatic carbocycles. The van der Waals surface area contributed by atoms with Crippen LogP contribution >= 0.6 is 0 Å². The Kier molecular flexibility index (Phi) is 3.49. The van der Waals surface area contributed by atoms with E-state index < -0.39 is 11.8 Å². The average Bonchev–Trinajstić information content (AvgIpc) is 2.17. The van der Waals surface area contributed by atoms with Crippen molar-refractivity contribution in [1.29, 1.82) is 0 Å². The molecule has 0 aliphatic heterocycles. The molecular weight excluding hydrogens is 199 g/mol. The Balaban J connectivity index is 2.75. The number of esters is 1. The van der Waals surface area contributed by atoms with Crippen LogP contribution in [-0.4, -0.2) is 12.6 Å². The number of rotatable bonds is 3. The first-order valence-corrected chi connectivity index (χ1v) is 4.48. The molecule has 4 nitrogen and oxygen atoms in total. The Labute approximate surface area is 87.0 Å². The Bertz CT molecular complexity index is 380. The number of carbonyl (C=O) groups excluding carboxylic acids is 1. The van der Waals surface area contributed by atoms with Crippen molar-refractivity contribution in [2.45, 2.75) is 13.3 Å². The van der Waals surface area contributed by atoms with E-state index in [0.29, 0.717) is 5.69 Å². The molecule has 0 saturated carbocycles. The highest BCUT2D eigenvalue weighted by Crippen LogP contribution is 2.21. The fourth-order valence-corrected chi connectivity index (χ4v) is 1.21. The zero-order chi connectivity index (χ0) is 11.4. The van der Waals surface area contributed by atoms with Gasteiger partial charge in [0, 0.05) is 24.6 Å². The van der Waals surface area contributed by atoms with Gasteiger partial charge < -0.3 is 16.2 Å². The zero-order valence-electron chi connectivity index (χ0n) is 8.42.